The van der Waals surface area contributed by atoms with Crippen LogP contribution >= 0.6 is 12.2 Å². The largest absolute Gasteiger partial charge is 0.483 e. The Labute approximate surface area is 124 Å². The number of likely N-dealkylation sites (N-methyl/N-ethyl adjacent to an activating group) is 1. The molecule has 2 N–H and O–H groups in total. The minimum absolute atomic E-state index is 0.0445. The van der Waals surface area contributed by atoms with E-state index in [0.29, 0.717) is 31.0 Å². The molecule has 0 aliphatic carbocycles. The molecule has 0 unspecified atom stereocenters. The molecule has 0 atom stereocenters. The van der Waals surface area contributed by atoms with Crippen molar-refractivity contribution in [1.29, 1.82) is 0 Å². The predicted molar refractivity (Wildman–Crippen MR) is 82.0 cm³/mol. The van der Waals surface area contributed by atoms with Crippen LogP contribution in [0.25, 0.3) is 0 Å². The fraction of sp³-hybridized carbons (Fsp3) is 0.429. The number of thiocarbonyl (C=S) groups is 1. The maximum Gasteiger partial charge on any atom is 0.260 e. The molecule has 0 aliphatic heterocycles. The molecule has 0 aliphatic rings. The van der Waals surface area contributed by atoms with Gasteiger partial charge in [-0.25, -0.2) is 0 Å². The van der Waals surface area contributed by atoms with E-state index in [1.165, 1.54) is 0 Å². The van der Waals surface area contributed by atoms with Crippen LogP contribution in [0.3, 0.4) is 0 Å². The third-order valence-electron chi connectivity index (χ3n) is 2.80. The molecule has 1 amide bonds. The molecule has 1 rings (SSSR count). The van der Waals surface area contributed by atoms with Crippen LogP contribution in [-0.2, 0) is 9.53 Å². The lowest BCUT2D eigenvalue weighted by atomic mass is 10.2. The highest BCUT2D eigenvalue weighted by molar-refractivity contribution is 7.80. The highest BCUT2D eigenvalue weighted by Gasteiger charge is 2.13. The zero-order valence-corrected chi connectivity index (χ0v) is 12.6. The van der Waals surface area contributed by atoms with Gasteiger partial charge in [0.1, 0.15) is 10.7 Å². The standard InChI is InChI=1S/C14H20N2O3S/c1-3-16(8-9-18-2)13(17)10-19-12-7-5-4-6-11(12)14(15)20/h4-7H,3,8-10H2,1-2H3,(H2,15,20). The van der Waals surface area contributed by atoms with Crippen molar-refractivity contribution in [1.82, 2.24) is 4.90 Å². The Hall–Kier alpha value is -1.66. The van der Waals surface area contributed by atoms with Gasteiger partial charge in [0, 0.05) is 20.2 Å². The van der Waals surface area contributed by atoms with Gasteiger partial charge < -0.3 is 20.1 Å². The number of rotatable bonds is 8. The minimum atomic E-state index is -0.0951. The first kappa shape index (κ1) is 16.4. The average Bonchev–Trinajstić information content (AvgIpc) is 2.46. The van der Waals surface area contributed by atoms with E-state index in [1.54, 1.807) is 24.1 Å². The van der Waals surface area contributed by atoms with Gasteiger partial charge in [0.25, 0.3) is 5.91 Å². The third kappa shape index (κ3) is 4.79. The lowest BCUT2D eigenvalue weighted by Gasteiger charge is -2.20. The Balaban J connectivity index is 2.62. The zero-order chi connectivity index (χ0) is 15.0. The number of nitrogens with two attached hydrogens (primary N) is 1. The molecule has 1 aromatic rings. The number of para-hydroxylation sites is 1. The summed E-state index contributed by atoms with van der Waals surface area (Å²) in [6, 6.07) is 7.14. The molecule has 0 aromatic heterocycles. The number of amides is 1. The second-order valence-electron chi connectivity index (χ2n) is 4.12. The zero-order valence-electron chi connectivity index (χ0n) is 11.8. The molecule has 110 valence electrons. The van der Waals surface area contributed by atoms with Gasteiger partial charge in [-0.1, -0.05) is 24.4 Å². The summed E-state index contributed by atoms with van der Waals surface area (Å²) >= 11 is 4.95. The monoisotopic (exact) mass is 296 g/mol. The SMILES string of the molecule is CCN(CCOC)C(=O)COc1ccccc1C(N)=S. The quantitative estimate of drug-likeness (QED) is 0.730. The van der Waals surface area contributed by atoms with E-state index in [4.69, 9.17) is 27.4 Å². The van der Waals surface area contributed by atoms with Gasteiger partial charge in [-0.3, -0.25) is 4.79 Å². The van der Waals surface area contributed by atoms with Crippen LogP contribution in [0.2, 0.25) is 0 Å². The van der Waals surface area contributed by atoms with Gasteiger partial charge in [-0.2, -0.15) is 0 Å². The molecule has 20 heavy (non-hydrogen) atoms. The Kier molecular flexibility index (Phi) is 6.97. The first-order chi connectivity index (χ1) is 9.60. The molecule has 6 heteroatoms. The maximum absolute atomic E-state index is 12.0. The number of nitrogens with zero attached hydrogens (tertiary/aromatic N) is 1. The van der Waals surface area contributed by atoms with Crippen molar-refractivity contribution < 1.29 is 14.3 Å². The number of benzene rings is 1. The summed E-state index contributed by atoms with van der Waals surface area (Å²) in [5.41, 5.74) is 6.25. The van der Waals surface area contributed by atoms with Crippen molar-refractivity contribution in [3.05, 3.63) is 29.8 Å². The van der Waals surface area contributed by atoms with Gasteiger partial charge in [-0.05, 0) is 19.1 Å². The van der Waals surface area contributed by atoms with E-state index in [2.05, 4.69) is 0 Å². The van der Waals surface area contributed by atoms with E-state index < -0.39 is 0 Å². The van der Waals surface area contributed by atoms with E-state index in [1.807, 2.05) is 19.1 Å². The first-order valence-electron chi connectivity index (χ1n) is 6.38. The Morgan fingerprint density at radius 3 is 2.70 bits per heavy atom. The Morgan fingerprint density at radius 1 is 1.40 bits per heavy atom. The van der Waals surface area contributed by atoms with Crippen molar-refractivity contribution in [3.63, 3.8) is 0 Å². The molecule has 0 saturated carbocycles. The van der Waals surface area contributed by atoms with Crippen LogP contribution in [-0.4, -0.2) is 49.2 Å². The van der Waals surface area contributed by atoms with Crippen LogP contribution in [0, 0.1) is 0 Å². The molecular weight excluding hydrogens is 276 g/mol. The van der Waals surface area contributed by atoms with E-state index in [-0.39, 0.29) is 17.5 Å². The topological polar surface area (TPSA) is 64.8 Å². The summed E-state index contributed by atoms with van der Waals surface area (Å²) in [5, 5.41) is 0. The van der Waals surface area contributed by atoms with Crippen LogP contribution < -0.4 is 10.5 Å². The van der Waals surface area contributed by atoms with Gasteiger partial charge >= 0.3 is 0 Å². The molecule has 0 heterocycles. The lowest BCUT2D eigenvalue weighted by Crippen LogP contribution is -2.37. The van der Waals surface area contributed by atoms with Crippen LogP contribution in [0.15, 0.2) is 24.3 Å². The highest BCUT2D eigenvalue weighted by atomic mass is 32.1. The second-order valence-corrected chi connectivity index (χ2v) is 4.56. The van der Waals surface area contributed by atoms with E-state index in [9.17, 15) is 4.79 Å². The summed E-state index contributed by atoms with van der Waals surface area (Å²) in [5.74, 6) is 0.429. The molecule has 1 aromatic carbocycles. The fourth-order valence-electron chi connectivity index (χ4n) is 1.69. The predicted octanol–water partition coefficient (Wildman–Crippen LogP) is 1.19. The average molecular weight is 296 g/mol. The second kappa shape index (κ2) is 8.50. The van der Waals surface area contributed by atoms with Crippen molar-refractivity contribution in [2.24, 2.45) is 5.73 Å². The molecule has 0 bridgehead atoms. The number of methoxy groups -OCH3 is 1. The normalized spacial score (nSPS) is 10.1. The number of hydrogen-bond acceptors (Lipinski definition) is 4. The fourth-order valence-corrected chi connectivity index (χ4v) is 1.86. The van der Waals surface area contributed by atoms with Crippen molar-refractivity contribution in [3.8, 4) is 5.75 Å². The van der Waals surface area contributed by atoms with Crippen molar-refractivity contribution in [2.75, 3.05) is 33.4 Å². The number of hydrogen-bond donors (Lipinski definition) is 1. The highest BCUT2D eigenvalue weighted by Crippen LogP contribution is 2.17. The maximum atomic E-state index is 12.0. The van der Waals surface area contributed by atoms with Crippen molar-refractivity contribution >= 4 is 23.1 Å². The third-order valence-corrected chi connectivity index (χ3v) is 3.02. The lowest BCUT2D eigenvalue weighted by molar-refractivity contribution is -0.133. The number of carbonyl (C=O) groups is 1. The van der Waals surface area contributed by atoms with Gasteiger partial charge in [-0.15, -0.1) is 0 Å². The summed E-state index contributed by atoms with van der Waals surface area (Å²) < 4.78 is 10.5. The van der Waals surface area contributed by atoms with Gasteiger partial charge in [0.2, 0.25) is 0 Å². The van der Waals surface area contributed by atoms with Gasteiger partial charge in [0.15, 0.2) is 6.61 Å². The van der Waals surface area contributed by atoms with Crippen LogP contribution in [0.4, 0.5) is 0 Å². The Morgan fingerprint density at radius 2 is 2.10 bits per heavy atom. The van der Waals surface area contributed by atoms with E-state index >= 15 is 0 Å². The Bertz CT molecular complexity index is 465. The van der Waals surface area contributed by atoms with Crippen LogP contribution in [0.1, 0.15) is 12.5 Å². The minimum Gasteiger partial charge on any atom is -0.483 e. The number of ether oxygens (including phenoxy) is 2. The van der Waals surface area contributed by atoms with Crippen molar-refractivity contribution in [2.45, 2.75) is 6.92 Å². The van der Waals surface area contributed by atoms with E-state index in [0.717, 1.165) is 0 Å². The molecular formula is C14H20N2O3S. The molecule has 0 fully saturated rings. The molecule has 5 nitrogen and oxygen atoms in total. The van der Waals surface area contributed by atoms with Crippen LogP contribution in [0.5, 0.6) is 5.75 Å². The number of carbonyl (C=O) groups excluding carboxylic acids is 1. The summed E-state index contributed by atoms with van der Waals surface area (Å²) in [6.45, 7) is 3.53. The molecule has 0 saturated heterocycles. The smallest absolute Gasteiger partial charge is 0.260 e. The summed E-state index contributed by atoms with van der Waals surface area (Å²) in [4.78, 5) is 13.9. The molecule has 0 spiro atoms. The van der Waals surface area contributed by atoms with Gasteiger partial charge in [0.05, 0.1) is 12.2 Å². The first-order valence-corrected chi connectivity index (χ1v) is 6.79. The molecule has 0 radical (unpaired) electrons. The summed E-state index contributed by atoms with van der Waals surface area (Å²) in [7, 11) is 1.60. The summed E-state index contributed by atoms with van der Waals surface area (Å²) in [6.07, 6.45) is 0.